The van der Waals surface area contributed by atoms with E-state index in [9.17, 15) is 9.18 Å². The summed E-state index contributed by atoms with van der Waals surface area (Å²) in [6.45, 7) is 4.28. The summed E-state index contributed by atoms with van der Waals surface area (Å²) < 4.78 is 13.2. The maximum absolute atomic E-state index is 13.2. The molecule has 1 aromatic heterocycles. The van der Waals surface area contributed by atoms with E-state index in [-0.39, 0.29) is 18.1 Å². The molecule has 7 heteroatoms. The van der Waals surface area contributed by atoms with E-state index < -0.39 is 0 Å². The highest BCUT2D eigenvalue weighted by atomic mass is 19.1. The van der Waals surface area contributed by atoms with Crippen LogP contribution < -0.4 is 10.2 Å². The number of piperidine rings is 1. The van der Waals surface area contributed by atoms with Gasteiger partial charge in [0.15, 0.2) is 0 Å². The van der Waals surface area contributed by atoms with Crippen LogP contribution in [0.5, 0.6) is 0 Å². The van der Waals surface area contributed by atoms with E-state index in [0.29, 0.717) is 17.3 Å². The maximum Gasteiger partial charge on any atom is 0.228 e. The van der Waals surface area contributed by atoms with E-state index in [1.54, 1.807) is 24.5 Å². The van der Waals surface area contributed by atoms with Gasteiger partial charge in [-0.15, -0.1) is 0 Å². The quantitative estimate of drug-likeness (QED) is 0.910. The van der Waals surface area contributed by atoms with Gasteiger partial charge in [-0.25, -0.2) is 14.4 Å². The summed E-state index contributed by atoms with van der Waals surface area (Å²) in [4.78, 5) is 25.8. The Bertz CT molecular complexity index is 774. The highest BCUT2D eigenvalue weighted by Crippen LogP contribution is 2.24. The zero-order valence-electron chi connectivity index (χ0n) is 14.6. The van der Waals surface area contributed by atoms with Gasteiger partial charge in [0.05, 0.1) is 24.5 Å². The molecule has 26 heavy (non-hydrogen) atoms. The lowest BCUT2D eigenvalue weighted by Gasteiger charge is -2.31. The first-order valence-corrected chi connectivity index (χ1v) is 9.03. The molecule has 4 heterocycles. The van der Waals surface area contributed by atoms with Crippen LogP contribution in [-0.2, 0) is 11.2 Å². The third-order valence-corrected chi connectivity index (χ3v) is 5.09. The Morgan fingerprint density at radius 2 is 1.92 bits per heavy atom. The Morgan fingerprint density at radius 1 is 1.15 bits per heavy atom. The molecule has 3 aliphatic heterocycles. The molecular formula is C19H22FN5O. The van der Waals surface area contributed by atoms with Gasteiger partial charge in [0.1, 0.15) is 5.82 Å². The van der Waals surface area contributed by atoms with Crippen molar-refractivity contribution in [1.29, 1.82) is 0 Å². The zero-order chi connectivity index (χ0) is 17.9. The molecule has 3 fully saturated rings. The Balaban J connectivity index is 1.39. The van der Waals surface area contributed by atoms with Crippen LogP contribution in [0.4, 0.5) is 16.0 Å². The highest BCUT2D eigenvalue weighted by Gasteiger charge is 2.30. The lowest BCUT2D eigenvalue weighted by molar-refractivity contribution is -0.115. The molecule has 6 nitrogen and oxygen atoms in total. The summed E-state index contributed by atoms with van der Waals surface area (Å²) in [6.07, 6.45) is 5.70. The number of anilines is 2. The van der Waals surface area contributed by atoms with Crippen LogP contribution >= 0.6 is 0 Å². The number of halogens is 1. The SMILES string of the molecule is O=C(Cc1cccc(F)c1)Nc1cnc(N2CCN3CCC2CC3)nc1. The highest BCUT2D eigenvalue weighted by molar-refractivity contribution is 5.91. The Morgan fingerprint density at radius 3 is 2.65 bits per heavy atom. The molecule has 1 aromatic carbocycles. The number of carbonyl (C=O) groups excluding carboxylic acids is 1. The third kappa shape index (κ3) is 3.83. The van der Waals surface area contributed by atoms with Crippen LogP contribution in [0.3, 0.4) is 0 Å². The number of aromatic nitrogens is 2. The number of benzene rings is 1. The Kier molecular flexibility index (Phi) is 4.79. The summed E-state index contributed by atoms with van der Waals surface area (Å²) in [5.74, 6) is 0.168. The van der Waals surface area contributed by atoms with Crippen molar-refractivity contribution in [3.63, 3.8) is 0 Å². The van der Waals surface area contributed by atoms with Crippen molar-refractivity contribution >= 4 is 17.5 Å². The molecule has 0 aliphatic carbocycles. The van der Waals surface area contributed by atoms with Crippen molar-refractivity contribution < 1.29 is 9.18 Å². The van der Waals surface area contributed by atoms with Gasteiger partial charge < -0.3 is 15.1 Å². The summed E-state index contributed by atoms with van der Waals surface area (Å²) >= 11 is 0. The minimum absolute atomic E-state index is 0.115. The first-order valence-electron chi connectivity index (χ1n) is 9.03. The molecule has 0 atom stereocenters. The van der Waals surface area contributed by atoms with Crippen LogP contribution in [0.1, 0.15) is 18.4 Å². The number of hydrogen-bond acceptors (Lipinski definition) is 5. The smallest absolute Gasteiger partial charge is 0.228 e. The number of amides is 1. The van der Waals surface area contributed by atoms with Crippen molar-refractivity contribution in [2.24, 2.45) is 0 Å². The van der Waals surface area contributed by atoms with E-state index in [1.807, 2.05) is 0 Å². The molecule has 1 N–H and O–H groups in total. The van der Waals surface area contributed by atoms with Gasteiger partial charge in [0.25, 0.3) is 0 Å². The summed E-state index contributed by atoms with van der Waals surface area (Å²) in [5.41, 5.74) is 1.19. The van der Waals surface area contributed by atoms with Gasteiger partial charge in [-0.2, -0.15) is 0 Å². The predicted molar refractivity (Wildman–Crippen MR) is 97.6 cm³/mol. The Labute approximate surface area is 152 Å². The first-order chi connectivity index (χ1) is 12.7. The predicted octanol–water partition coefficient (Wildman–Crippen LogP) is 2.08. The summed E-state index contributed by atoms with van der Waals surface area (Å²) in [6, 6.07) is 6.56. The van der Waals surface area contributed by atoms with Crippen LogP contribution in [0.2, 0.25) is 0 Å². The van der Waals surface area contributed by atoms with E-state index in [2.05, 4.69) is 25.1 Å². The fourth-order valence-corrected chi connectivity index (χ4v) is 3.72. The minimum atomic E-state index is -0.342. The second-order valence-electron chi connectivity index (χ2n) is 6.89. The van der Waals surface area contributed by atoms with Crippen molar-refractivity contribution in [2.75, 3.05) is 36.4 Å². The molecule has 2 aromatic rings. The first kappa shape index (κ1) is 16.9. The molecule has 0 radical (unpaired) electrons. The van der Waals surface area contributed by atoms with Gasteiger partial charge in [-0.3, -0.25) is 4.79 Å². The maximum atomic E-state index is 13.2. The fraction of sp³-hybridized carbons (Fsp3) is 0.421. The van der Waals surface area contributed by atoms with Crippen LogP contribution in [0.25, 0.3) is 0 Å². The average Bonchev–Trinajstić information content (AvgIpc) is 2.96. The normalized spacial score (nSPS) is 22.1. The number of fused-ring (bicyclic) bond motifs is 4. The third-order valence-electron chi connectivity index (χ3n) is 5.09. The topological polar surface area (TPSA) is 61.4 Å². The number of nitrogens with zero attached hydrogens (tertiary/aromatic N) is 4. The lowest BCUT2D eigenvalue weighted by atomic mass is 10.1. The monoisotopic (exact) mass is 355 g/mol. The molecule has 0 unspecified atom stereocenters. The second kappa shape index (κ2) is 7.37. The number of carbonyl (C=O) groups is 1. The van der Waals surface area contributed by atoms with E-state index in [0.717, 1.165) is 45.0 Å². The van der Waals surface area contributed by atoms with Gasteiger partial charge in [0, 0.05) is 32.2 Å². The van der Waals surface area contributed by atoms with Gasteiger partial charge in [-0.05, 0) is 30.5 Å². The Hall–Kier alpha value is -2.54. The van der Waals surface area contributed by atoms with E-state index in [4.69, 9.17) is 0 Å². The molecule has 5 rings (SSSR count). The van der Waals surface area contributed by atoms with Gasteiger partial charge >= 0.3 is 0 Å². The molecule has 3 saturated heterocycles. The van der Waals surface area contributed by atoms with Gasteiger partial charge in [-0.1, -0.05) is 12.1 Å². The van der Waals surface area contributed by atoms with Crippen molar-refractivity contribution in [3.8, 4) is 0 Å². The van der Waals surface area contributed by atoms with Gasteiger partial charge in [0.2, 0.25) is 11.9 Å². The molecule has 3 aliphatic rings. The van der Waals surface area contributed by atoms with Crippen LogP contribution in [0, 0.1) is 5.82 Å². The van der Waals surface area contributed by atoms with E-state index >= 15 is 0 Å². The molecular weight excluding hydrogens is 333 g/mol. The lowest BCUT2D eigenvalue weighted by Crippen LogP contribution is -2.38. The fourth-order valence-electron chi connectivity index (χ4n) is 3.72. The van der Waals surface area contributed by atoms with Crippen molar-refractivity contribution in [3.05, 3.63) is 48.0 Å². The van der Waals surface area contributed by atoms with Crippen LogP contribution in [-0.4, -0.2) is 53.0 Å². The average molecular weight is 355 g/mol. The van der Waals surface area contributed by atoms with Crippen molar-refractivity contribution in [1.82, 2.24) is 14.9 Å². The number of hydrogen-bond donors (Lipinski definition) is 1. The van der Waals surface area contributed by atoms with Crippen LogP contribution in [0.15, 0.2) is 36.7 Å². The molecule has 1 amide bonds. The standard InChI is InChI=1S/C19H22FN5O/c20-15-3-1-2-14(10-15)11-18(26)23-16-12-21-19(22-13-16)25-9-8-24-6-4-17(25)5-7-24/h1-3,10,12-13,17H,4-9,11H2,(H,23,26). The summed E-state index contributed by atoms with van der Waals surface area (Å²) in [7, 11) is 0. The van der Waals surface area contributed by atoms with E-state index in [1.165, 1.54) is 12.1 Å². The van der Waals surface area contributed by atoms with Crippen molar-refractivity contribution in [2.45, 2.75) is 25.3 Å². The molecule has 2 bridgehead atoms. The molecule has 0 spiro atoms. The summed E-state index contributed by atoms with van der Waals surface area (Å²) in [5, 5.41) is 2.77. The second-order valence-corrected chi connectivity index (χ2v) is 6.89. The number of nitrogens with one attached hydrogen (secondary N) is 1. The molecule has 0 saturated carbocycles. The number of rotatable bonds is 4. The zero-order valence-corrected chi connectivity index (χ0v) is 14.6. The largest absolute Gasteiger partial charge is 0.336 e. The molecule has 136 valence electrons. The minimum Gasteiger partial charge on any atom is -0.336 e.